The maximum absolute atomic E-state index is 12.9. The van der Waals surface area contributed by atoms with Crippen LogP contribution in [0.5, 0.6) is 0 Å². The molecule has 26 heavy (non-hydrogen) atoms. The molecule has 1 aromatic rings. The van der Waals surface area contributed by atoms with Crippen molar-refractivity contribution in [2.24, 2.45) is 0 Å². The van der Waals surface area contributed by atoms with E-state index < -0.39 is 28.0 Å². The molecule has 1 aliphatic heterocycles. The molecular formula is C18H27N3O4S. The lowest BCUT2D eigenvalue weighted by molar-refractivity contribution is -0.131. The molecule has 1 fully saturated rings. The molecule has 1 aromatic carbocycles. The minimum Gasteiger partial charge on any atom is -0.354 e. The van der Waals surface area contributed by atoms with Crippen LogP contribution in [0.4, 0.5) is 0 Å². The van der Waals surface area contributed by atoms with Crippen LogP contribution in [0.2, 0.25) is 0 Å². The van der Waals surface area contributed by atoms with Crippen LogP contribution >= 0.6 is 0 Å². The van der Waals surface area contributed by atoms with Crippen LogP contribution in [0, 0.1) is 0 Å². The van der Waals surface area contributed by atoms with Gasteiger partial charge in [0.25, 0.3) is 0 Å². The number of carbonyl (C=O) groups is 2. The van der Waals surface area contributed by atoms with E-state index in [1.807, 2.05) is 6.92 Å². The van der Waals surface area contributed by atoms with E-state index in [2.05, 4.69) is 10.6 Å². The van der Waals surface area contributed by atoms with Gasteiger partial charge in [-0.1, -0.05) is 31.5 Å². The lowest BCUT2D eigenvalue weighted by Crippen LogP contribution is -2.55. The molecule has 8 heteroatoms. The zero-order chi connectivity index (χ0) is 19.2. The third-order valence-corrected chi connectivity index (χ3v) is 6.33. The molecule has 0 aliphatic carbocycles. The van der Waals surface area contributed by atoms with Crippen molar-refractivity contribution in [3.05, 3.63) is 30.3 Å². The number of benzene rings is 1. The van der Waals surface area contributed by atoms with Gasteiger partial charge >= 0.3 is 0 Å². The Morgan fingerprint density at radius 1 is 1.23 bits per heavy atom. The van der Waals surface area contributed by atoms with E-state index in [9.17, 15) is 18.0 Å². The quantitative estimate of drug-likeness (QED) is 0.743. The third kappa shape index (κ3) is 4.82. The van der Waals surface area contributed by atoms with Gasteiger partial charge in [-0.3, -0.25) is 9.59 Å². The van der Waals surface area contributed by atoms with E-state index in [4.69, 9.17) is 0 Å². The van der Waals surface area contributed by atoms with Crippen LogP contribution in [0.3, 0.4) is 0 Å². The molecule has 2 atom stereocenters. The van der Waals surface area contributed by atoms with Gasteiger partial charge in [0.2, 0.25) is 21.8 Å². The summed E-state index contributed by atoms with van der Waals surface area (Å²) in [5.41, 5.74) is 0. The Labute approximate surface area is 155 Å². The smallest absolute Gasteiger partial charge is 0.243 e. The van der Waals surface area contributed by atoms with Crippen molar-refractivity contribution in [3.8, 4) is 0 Å². The van der Waals surface area contributed by atoms with Gasteiger partial charge in [0.05, 0.1) is 4.90 Å². The van der Waals surface area contributed by atoms with Gasteiger partial charge in [-0.2, -0.15) is 4.31 Å². The number of rotatable bonds is 7. The van der Waals surface area contributed by atoms with E-state index in [1.54, 1.807) is 25.1 Å². The largest absolute Gasteiger partial charge is 0.354 e. The number of nitrogens with one attached hydrogen (secondary N) is 2. The highest BCUT2D eigenvalue weighted by atomic mass is 32.2. The third-order valence-electron chi connectivity index (χ3n) is 4.41. The molecule has 2 amide bonds. The first-order valence-electron chi connectivity index (χ1n) is 9.03. The summed E-state index contributed by atoms with van der Waals surface area (Å²) < 4.78 is 27.1. The molecule has 0 saturated carbocycles. The molecule has 0 radical (unpaired) electrons. The van der Waals surface area contributed by atoms with Gasteiger partial charge in [0.15, 0.2) is 0 Å². The summed E-state index contributed by atoms with van der Waals surface area (Å²) in [6.07, 6.45) is 2.73. The van der Waals surface area contributed by atoms with Crippen molar-refractivity contribution in [3.63, 3.8) is 0 Å². The number of carbonyl (C=O) groups excluding carboxylic acids is 2. The molecule has 0 bridgehead atoms. The van der Waals surface area contributed by atoms with E-state index in [0.29, 0.717) is 25.9 Å². The Morgan fingerprint density at radius 2 is 1.92 bits per heavy atom. The molecule has 144 valence electrons. The number of hydrogen-bond donors (Lipinski definition) is 2. The number of sulfonamides is 1. The minimum absolute atomic E-state index is 0.174. The average molecular weight is 381 g/mol. The second-order valence-electron chi connectivity index (χ2n) is 6.46. The standard InChI is InChI=1S/C18H27N3O4S/c1-3-12-19-17(22)14(2)20-18(23)16-11-7-8-13-21(16)26(24,25)15-9-5-4-6-10-15/h4-6,9-10,14,16H,3,7-8,11-13H2,1-2H3,(H,19,22)(H,20,23). The van der Waals surface area contributed by atoms with Crippen LogP contribution in [0.1, 0.15) is 39.5 Å². The first-order valence-corrected chi connectivity index (χ1v) is 10.5. The molecular weight excluding hydrogens is 354 g/mol. The fourth-order valence-electron chi connectivity index (χ4n) is 2.96. The van der Waals surface area contributed by atoms with E-state index >= 15 is 0 Å². The van der Waals surface area contributed by atoms with Crippen molar-refractivity contribution in [2.45, 2.75) is 56.5 Å². The van der Waals surface area contributed by atoms with Crippen LogP contribution in [-0.2, 0) is 19.6 Å². The topological polar surface area (TPSA) is 95.6 Å². The zero-order valence-electron chi connectivity index (χ0n) is 15.3. The summed E-state index contributed by atoms with van der Waals surface area (Å²) in [6, 6.07) is 6.61. The molecule has 0 aromatic heterocycles. The summed E-state index contributed by atoms with van der Waals surface area (Å²) in [6.45, 7) is 4.38. The van der Waals surface area contributed by atoms with Gasteiger partial charge < -0.3 is 10.6 Å². The monoisotopic (exact) mass is 381 g/mol. The molecule has 2 rings (SSSR count). The van der Waals surface area contributed by atoms with Gasteiger partial charge in [-0.05, 0) is 38.3 Å². The number of nitrogens with zero attached hydrogens (tertiary/aromatic N) is 1. The predicted molar refractivity (Wildman–Crippen MR) is 98.9 cm³/mol. The second-order valence-corrected chi connectivity index (χ2v) is 8.35. The van der Waals surface area contributed by atoms with Crippen LogP contribution in [0.15, 0.2) is 35.2 Å². The Hall–Kier alpha value is -1.93. The molecule has 2 N–H and O–H groups in total. The van der Waals surface area contributed by atoms with Crippen LogP contribution < -0.4 is 10.6 Å². The highest BCUT2D eigenvalue weighted by Gasteiger charge is 2.38. The minimum atomic E-state index is -3.75. The molecule has 7 nitrogen and oxygen atoms in total. The van der Waals surface area contributed by atoms with E-state index in [0.717, 1.165) is 12.8 Å². The lowest BCUT2D eigenvalue weighted by Gasteiger charge is -2.34. The zero-order valence-corrected chi connectivity index (χ0v) is 16.1. The molecule has 1 heterocycles. The first kappa shape index (κ1) is 20.4. The Balaban J connectivity index is 2.13. The predicted octanol–water partition coefficient (Wildman–Crippen LogP) is 1.26. The summed E-state index contributed by atoms with van der Waals surface area (Å²) in [4.78, 5) is 24.8. The van der Waals surface area contributed by atoms with Crippen molar-refractivity contribution in [2.75, 3.05) is 13.1 Å². The molecule has 1 aliphatic rings. The van der Waals surface area contributed by atoms with Gasteiger partial charge in [-0.25, -0.2) is 8.42 Å². The SMILES string of the molecule is CCCNC(=O)C(C)NC(=O)C1CCCCN1S(=O)(=O)c1ccccc1. The molecule has 1 saturated heterocycles. The first-order chi connectivity index (χ1) is 12.4. The summed E-state index contributed by atoms with van der Waals surface area (Å²) in [5.74, 6) is -0.697. The number of amides is 2. The summed E-state index contributed by atoms with van der Waals surface area (Å²) in [7, 11) is -3.75. The summed E-state index contributed by atoms with van der Waals surface area (Å²) >= 11 is 0. The van der Waals surface area contributed by atoms with Gasteiger partial charge in [-0.15, -0.1) is 0 Å². The fraction of sp³-hybridized carbons (Fsp3) is 0.556. The fourth-order valence-corrected chi connectivity index (χ4v) is 4.64. The van der Waals surface area contributed by atoms with Crippen LogP contribution in [0.25, 0.3) is 0 Å². The van der Waals surface area contributed by atoms with Gasteiger partial charge in [0, 0.05) is 13.1 Å². The van der Waals surface area contributed by atoms with Crippen molar-refractivity contribution in [1.29, 1.82) is 0 Å². The second kappa shape index (κ2) is 9.14. The summed E-state index contributed by atoms with van der Waals surface area (Å²) in [5, 5.41) is 5.38. The normalized spacial score (nSPS) is 19.5. The highest BCUT2D eigenvalue weighted by Crippen LogP contribution is 2.25. The van der Waals surface area contributed by atoms with Crippen LogP contribution in [-0.4, -0.2) is 49.7 Å². The Bertz CT molecular complexity index is 721. The number of hydrogen-bond acceptors (Lipinski definition) is 4. The molecule has 2 unspecified atom stereocenters. The Kier molecular flexibility index (Phi) is 7.16. The van der Waals surface area contributed by atoms with Gasteiger partial charge in [0.1, 0.15) is 12.1 Å². The highest BCUT2D eigenvalue weighted by molar-refractivity contribution is 7.89. The number of piperidine rings is 1. The van der Waals surface area contributed by atoms with Crippen molar-refractivity contribution < 1.29 is 18.0 Å². The Morgan fingerprint density at radius 3 is 2.58 bits per heavy atom. The van der Waals surface area contributed by atoms with E-state index in [1.165, 1.54) is 16.4 Å². The average Bonchev–Trinajstić information content (AvgIpc) is 2.66. The van der Waals surface area contributed by atoms with Crippen molar-refractivity contribution in [1.82, 2.24) is 14.9 Å². The lowest BCUT2D eigenvalue weighted by atomic mass is 10.0. The maximum atomic E-state index is 12.9. The van der Waals surface area contributed by atoms with Crippen molar-refractivity contribution >= 4 is 21.8 Å². The maximum Gasteiger partial charge on any atom is 0.243 e. The van der Waals surface area contributed by atoms with E-state index in [-0.39, 0.29) is 10.8 Å². The molecule has 0 spiro atoms.